The molecule has 3 rings (SSSR count). The molecule has 156 valence electrons. The summed E-state index contributed by atoms with van der Waals surface area (Å²) < 4.78 is 10.1. The first kappa shape index (κ1) is 21.9. The lowest BCUT2D eigenvalue weighted by molar-refractivity contribution is -0.136. The summed E-state index contributed by atoms with van der Waals surface area (Å²) in [5, 5.41) is 0.686. The number of benzene rings is 2. The molecule has 0 radical (unpaired) electrons. The van der Waals surface area contributed by atoms with Crippen molar-refractivity contribution >= 4 is 41.2 Å². The number of hydrogen-bond acceptors (Lipinski definition) is 4. The highest BCUT2D eigenvalue weighted by molar-refractivity contribution is 6.43. The van der Waals surface area contributed by atoms with Gasteiger partial charge < -0.3 is 14.4 Å². The van der Waals surface area contributed by atoms with Crippen molar-refractivity contribution in [2.75, 3.05) is 20.8 Å². The van der Waals surface area contributed by atoms with Gasteiger partial charge in [0.1, 0.15) is 5.75 Å². The third-order valence-corrected chi connectivity index (χ3v) is 5.80. The van der Waals surface area contributed by atoms with Gasteiger partial charge in [0.15, 0.2) is 0 Å². The quantitative estimate of drug-likeness (QED) is 0.467. The van der Waals surface area contributed by atoms with E-state index in [-0.39, 0.29) is 17.1 Å². The molecule has 2 aromatic rings. The Balaban J connectivity index is 1.92. The zero-order chi connectivity index (χ0) is 21.8. The molecular weight excluding hydrogens is 425 g/mol. The first-order valence-electron chi connectivity index (χ1n) is 9.27. The number of methoxy groups -OCH3 is 2. The molecule has 0 spiro atoms. The van der Waals surface area contributed by atoms with Crippen molar-refractivity contribution in [2.24, 2.45) is 0 Å². The van der Waals surface area contributed by atoms with Crippen molar-refractivity contribution in [2.45, 2.75) is 13.3 Å². The van der Waals surface area contributed by atoms with E-state index in [9.17, 15) is 9.59 Å². The van der Waals surface area contributed by atoms with Gasteiger partial charge in [0.25, 0.3) is 5.91 Å². The Morgan fingerprint density at radius 3 is 2.43 bits per heavy atom. The lowest BCUT2D eigenvalue weighted by Gasteiger charge is -2.18. The molecule has 1 amide bonds. The summed E-state index contributed by atoms with van der Waals surface area (Å²) in [6.07, 6.45) is 2.20. The minimum Gasteiger partial charge on any atom is -0.497 e. The molecule has 5 nitrogen and oxygen atoms in total. The Kier molecular flexibility index (Phi) is 6.85. The fraction of sp³-hybridized carbons (Fsp3) is 0.217. The van der Waals surface area contributed by atoms with Crippen LogP contribution in [0.25, 0.3) is 6.08 Å². The highest BCUT2D eigenvalue weighted by atomic mass is 35.5. The van der Waals surface area contributed by atoms with Gasteiger partial charge in [-0.2, -0.15) is 0 Å². The summed E-state index contributed by atoms with van der Waals surface area (Å²) in [5.74, 6) is -0.0849. The highest BCUT2D eigenvalue weighted by Gasteiger charge is 2.36. The minimum absolute atomic E-state index is 0.230. The van der Waals surface area contributed by atoms with Gasteiger partial charge in [-0.05, 0) is 48.7 Å². The van der Waals surface area contributed by atoms with Gasteiger partial charge in [-0.1, -0.05) is 47.5 Å². The van der Waals surface area contributed by atoms with E-state index in [0.29, 0.717) is 34.3 Å². The molecule has 0 fully saturated rings. The first-order chi connectivity index (χ1) is 14.4. The molecule has 1 aliphatic heterocycles. The normalized spacial score (nSPS) is 15.2. The molecule has 1 heterocycles. The monoisotopic (exact) mass is 445 g/mol. The molecule has 0 saturated heterocycles. The van der Waals surface area contributed by atoms with Crippen LogP contribution in [0.15, 0.2) is 59.3 Å². The second-order valence-corrected chi connectivity index (χ2v) is 7.49. The van der Waals surface area contributed by atoms with Crippen molar-refractivity contribution in [3.05, 3.63) is 80.5 Å². The van der Waals surface area contributed by atoms with Gasteiger partial charge in [0.05, 0.1) is 35.4 Å². The molecule has 0 atom stereocenters. The lowest BCUT2D eigenvalue weighted by Crippen LogP contribution is -2.27. The van der Waals surface area contributed by atoms with E-state index in [4.69, 9.17) is 32.7 Å². The summed E-state index contributed by atoms with van der Waals surface area (Å²) in [5.41, 5.74) is 2.61. The Labute approximate surface area is 185 Å². The van der Waals surface area contributed by atoms with Crippen LogP contribution in [-0.4, -0.2) is 37.5 Å². The van der Waals surface area contributed by atoms with Crippen LogP contribution in [-0.2, 0) is 20.7 Å². The molecule has 7 heteroatoms. The van der Waals surface area contributed by atoms with Gasteiger partial charge in [-0.15, -0.1) is 0 Å². The number of amides is 1. The lowest BCUT2D eigenvalue weighted by atomic mass is 10.0. The van der Waals surface area contributed by atoms with Gasteiger partial charge in [0, 0.05) is 12.2 Å². The summed E-state index contributed by atoms with van der Waals surface area (Å²) in [6.45, 7) is 2.15. The van der Waals surface area contributed by atoms with Crippen molar-refractivity contribution in [3.63, 3.8) is 0 Å². The number of rotatable bonds is 6. The van der Waals surface area contributed by atoms with Crippen LogP contribution in [0, 0.1) is 0 Å². The van der Waals surface area contributed by atoms with E-state index < -0.39 is 5.97 Å². The topological polar surface area (TPSA) is 55.8 Å². The second-order valence-electron chi connectivity index (χ2n) is 6.71. The van der Waals surface area contributed by atoms with Crippen LogP contribution >= 0.6 is 23.2 Å². The predicted octanol–water partition coefficient (Wildman–Crippen LogP) is 4.92. The number of allylic oxidation sites excluding steroid dienone is 1. The van der Waals surface area contributed by atoms with Crippen LogP contribution < -0.4 is 4.74 Å². The molecular formula is C23H21Cl2NO4. The molecule has 0 saturated carbocycles. The first-order valence-corrected chi connectivity index (χ1v) is 10.0. The Morgan fingerprint density at radius 1 is 1.10 bits per heavy atom. The van der Waals surface area contributed by atoms with E-state index in [1.54, 1.807) is 43.2 Å². The van der Waals surface area contributed by atoms with Crippen molar-refractivity contribution in [3.8, 4) is 5.75 Å². The van der Waals surface area contributed by atoms with E-state index in [1.807, 2.05) is 24.3 Å². The second kappa shape index (κ2) is 9.37. The fourth-order valence-corrected chi connectivity index (χ4v) is 3.68. The molecule has 1 aliphatic rings. The van der Waals surface area contributed by atoms with E-state index in [0.717, 1.165) is 11.3 Å². The van der Waals surface area contributed by atoms with Gasteiger partial charge in [-0.3, -0.25) is 4.79 Å². The maximum atomic E-state index is 13.2. The van der Waals surface area contributed by atoms with Crippen molar-refractivity contribution in [1.29, 1.82) is 0 Å². The number of esters is 1. The van der Waals surface area contributed by atoms with Crippen LogP contribution in [0.5, 0.6) is 5.75 Å². The number of carbonyl (C=O) groups is 2. The molecule has 0 bridgehead atoms. The predicted molar refractivity (Wildman–Crippen MR) is 118 cm³/mol. The maximum absolute atomic E-state index is 13.2. The smallest absolute Gasteiger partial charge is 0.340 e. The van der Waals surface area contributed by atoms with E-state index in [2.05, 4.69) is 0 Å². The number of hydrogen-bond donors (Lipinski definition) is 0. The largest absolute Gasteiger partial charge is 0.497 e. The van der Waals surface area contributed by atoms with Crippen LogP contribution in [0.2, 0.25) is 10.0 Å². The summed E-state index contributed by atoms with van der Waals surface area (Å²) in [4.78, 5) is 27.2. The number of carbonyl (C=O) groups excluding carboxylic acids is 2. The average Bonchev–Trinajstić information content (AvgIpc) is 2.99. The number of ether oxygens (including phenoxy) is 2. The SMILES string of the molecule is COC(=O)C1=C(C)N(CCc2ccc(OC)cc2)C(=O)/C1=C\c1cccc(Cl)c1Cl. The van der Waals surface area contributed by atoms with Crippen LogP contribution in [0.1, 0.15) is 18.1 Å². The van der Waals surface area contributed by atoms with Crippen molar-refractivity contribution < 1.29 is 19.1 Å². The zero-order valence-electron chi connectivity index (χ0n) is 16.9. The van der Waals surface area contributed by atoms with Crippen molar-refractivity contribution in [1.82, 2.24) is 4.90 Å². The van der Waals surface area contributed by atoms with Crippen LogP contribution in [0.3, 0.4) is 0 Å². The fourth-order valence-electron chi connectivity index (χ4n) is 3.32. The highest BCUT2D eigenvalue weighted by Crippen LogP contribution is 2.34. The molecule has 0 N–H and O–H groups in total. The summed E-state index contributed by atoms with van der Waals surface area (Å²) >= 11 is 12.4. The maximum Gasteiger partial charge on any atom is 0.340 e. The van der Waals surface area contributed by atoms with Crippen LogP contribution in [0.4, 0.5) is 0 Å². The molecule has 0 aromatic heterocycles. The van der Waals surface area contributed by atoms with E-state index in [1.165, 1.54) is 7.11 Å². The van der Waals surface area contributed by atoms with Gasteiger partial charge >= 0.3 is 5.97 Å². The number of nitrogens with zero attached hydrogens (tertiary/aromatic N) is 1. The molecule has 0 unspecified atom stereocenters. The zero-order valence-corrected chi connectivity index (χ0v) is 18.4. The van der Waals surface area contributed by atoms with E-state index >= 15 is 0 Å². The molecule has 2 aromatic carbocycles. The van der Waals surface area contributed by atoms with Gasteiger partial charge in [-0.25, -0.2) is 4.79 Å². The summed E-state index contributed by atoms with van der Waals surface area (Å²) in [7, 11) is 2.90. The Morgan fingerprint density at radius 2 is 1.80 bits per heavy atom. The summed E-state index contributed by atoms with van der Waals surface area (Å²) in [6, 6.07) is 12.8. The third kappa shape index (κ3) is 4.37. The standard InChI is InChI=1S/C23H21Cl2NO4/c1-14-20(23(28)30-3)18(13-16-5-4-6-19(24)21(16)25)22(27)26(14)12-11-15-7-9-17(29-2)10-8-15/h4-10,13H,11-12H2,1-3H3/b18-13-. The molecule has 30 heavy (non-hydrogen) atoms. The Hall–Kier alpha value is -2.76. The Bertz CT molecular complexity index is 1040. The van der Waals surface area contributed by atoms with Gasteiger partial charge in [0.2, 0.25) is 0 Å². The molecule has 0 aliphatic carbocycles. The minimum atomic E-state index is -0.572. The number of halogens is 2. The third-order valence-electron chi connectivity index (χ3n) is 4.97. The average molecular weight is 446 g/mol.